The van der Waals surface area contributed by atoms with Crippen molar-refractivity contribution in [3.8, 4) is 5.75 Å². The molecule has 164 valence electrons. The molecule has 0 unspecified atom stereocenters. The molecule has 1 N–H and O–H groups in total. The molecule has 0 atom stereocenters. The Labute approximate surface area is 197 Å². The summed E-state index contributed by atoms with van der Waals surface area (Å²) < 4.78 is 6.17. The van der Waals surface area contributed by atoms with E-state index >= 15 is 0 Å². The Morgan fingerprint density at radius 1 is 1.03 bits per heavy atom. The van der Waals surface area contributed by atoms with Gasteiger partial charge in [0.15, 0.2) is 0 Å². The number of benzene rings is 2. The van der Waals surface area contributed by atoms with Crippen molar-refractivity contribution in [1.29, 1.82) is 0 Å². The fourth-order valence-electron chi connectivity index (χ4n) is 4.09. The molecule has 6 heteroatoms. The summed E-state index contributed by atoms with van der Waals surface area (Å²) in [5.41, 5.74) is 5.87. The van der Waals surface area contributed by atoms with Gasteiger partial charge in [-0.15, -0.1) is 0 Å². The van der Waals surface area contributed by atoms with Gasteiger partial charge in [-0.2, -0.15) is 0 Å². The lowest BCUT2D eigenvalue weighted by Gasteiger charge is -2.16. The van der Waals surface area contributed by atoms with Crippen molar-refractivity contribution < 1.29 is 14.6 Å². The van der Waals surface area contributed by atoms with Gasteiger partial charge in [-0.05, 0) is 84.4 Å². The van der Waals surface area contributed by atoms with Crippen molar-refractivity contribution >= 4 is 40.3 Å². The van der Waals surface area contributed by atoms with Gasteiger partial charge in [0.1, 0.15) is 12.4 Å². The summed E-state index contributed by atoms with van der Waals surface area (Å²) in [5, 5.41) is 10.9. The van der Waals surface area contributed by atoms with E-state index in [9.17, 15) is 9.90 Å². The first-order chi connectivity index (χ1) is 15.5. The van der Waals surface area contributed by atoms with Crippen LogP contribution >= 0.6 is 23.2 Å². The van der Waals surface area contributed by atoms with Crippen LogP contribution in [0.5, 0.6) is 5.75 Å². The van der Waals surface area contributed by atoms with Crippen LogP contribution in [-0.4, -0.2) is 16.1 Å². The highest BCUT2D eigenvalue weighted by Gasteiger charge is 2.23. The second-order valence-electron chi connectivity index (χ2n) is 7.74. The van der Waals surface area contributed by atoms with Gasteiger partial charge in [0, 0.05) is 21.8 Å². The number of aromatic nitrogens is 1. The van der Waals surface area contributed by atoms with Gasteiger partial charge in [-0.1, -0.05) is 42.3 Å². The van der Waals surface area contributed by atoms with Crippen molar-refractivity contribution in [2.24, 2.45) is 0 Å². The fraction of sp³-hybridized carbons (Fsp3) is 0.231. The molecular formula is C26H23Cl2NO3. The third kappa shape index (κ3) is 4.82. The van der Waals surface area contributed by atoms with Crippen LogP contribution in [0, 0.1) is 0 Å². The van der Waals surface area contributed by atoms with E-state index in [0.717, 1.165) is 52.8 Å². The number of pyridine rings is 1. The number of carboxylic acid groups (broad SMARTS) is 1. The van der Waals surface area contributed by atoms with Crippen LogP contribution in [0.15, 0.2) is 54.7 Å². The number of hydrogen-bond acceptors (Lipinski definition) is 3. The van der Waals surface area contributed by atoms with E-state index < -0.39 is 5.97 Å². The van der Waals surface area contributed by atoms with Gasteiger partial charge in [-0.3, -0.25) is 4.98 Å². The Morgan fingerprint density at radius 3 is 2.47 bits per heavy atom. The van der Waals surface area contributed by atoms with Gasteiger partial charge in [-0.25, -0.2) is 4.79 Å². The molecule has 4 rings (SSSR count). The van der Waals surface area contributed by atoms with Crippen molar-refractivity contribution in [2.75, 3.05) is 0 Å². The molecule has 32 heavy (non-hydrogen) atoms. The van der Waals surface area contributed by atoms with Crippen LogP contribution in [0.3, 0.4) is 0 Å². The van der Waals surface area contributed by atoms with Gasteiger partial charge in [0.2, 0.25) is 0 Å². The lowest BCUT2D eigenvalue weighted by atomic mass is 9.96. The highest BCUT2D eigenvalue weighted by molar-refractivity contribution is 6.31. The van der Waals surface area contributed by atoms with Crippen molar-refractivity contribution in [3.63, 3.8) is 0 Å². The van der Waals surface area contributed by atoms with Crippen molar-refractivity contribution in [3.05, 3.63) is 92.7 Å². The molecule has 1 aliphatic rings. The molecule has 1 heterocycles. The number of carbonyl (C=O) groups is 1. The summed E-state index contributed by atoms with van der Waals surface area (Å²) in [4.78, 5) is 16.2. The lowest BCUT2D eigenvalue weighted by Crippen LogP contribution is -2.05. The summed E-state index contributed by atoms with van der Waals surface area (Å²) in [7, 11) is 0. The molecule has 4 nitrogen and oxygen atoms in total. The second kappa shape index (κ2) is 9.76. The molecule has 1 aliphatic carbocycles. The Kier molecular flexibility index (Phi) is 6.83. The summed E-state index contributed by atoms with van der Waals surface area (Å²) >= 11 is 12.3. The zero-order chi connectivity index (χ0) is 22.7. The lowest BCUT2D eigenvalue weighted by molar-refractivity contribution is 0.0695. The predicted octanol–water partition coefficient (Wildman–Crippen LogP) is 7.32. The van der Waals surface area contributed by atoms with Crippen LogP contribution in [0.25, 0.3) is 11.1 Å². The quantitative estimate of drug-likeness (QED) is 0.395. The molecule has 2 aromatic carbocycles. The summed E-state index contributed by atoms with van der Waals surface area (Å²) in [6, 6.07) is 14.9. The smallest absolute Gasteiger partial charge is 0.337 e. The zero-order valence-corrected chi connectivity index (χ0v) is 19.2. The first kappa shape index (κ1) is 22.4. The molecule has 0 saturated heterocycles. The van der Waals surface area contributed by atoms with Crippen molar-refractivity contribution in [1.82, 2.24) is 4.98 Å². The average molecular weight is 468 g/mol. The number of halogens is 2. The number of allylic oxidation sites excluding steroid dienone is 2. The minimum Gasteiger partial charge on any atom is -0.488 e. The highest BCUT2D eigenvalue weighted by Crippen LogP contribution is 2.43. The maximum absolute atomic E-state index is 11.7. The molecule has 0 fully saturated rings. The maximum Gasteiger partial charge on any atom is 0.337 e. The van der Waals surface area contributed by atoms with Crippen LogP contribution in [-0.2, 0) is 13.0 Å². The maximum atomic E-state index is 11.7. The van der Waals surface area contributed by atoms with Crippen LogP contribution in [0.4, 0.5) is 0 Å². The first-order valence-corrected chi connectivity index (χ1v) is 11.3. The summed E-state index contributed by atoms with van der Waals surface area (Å²) in [5.74, 6) is -0.207. The van der Waals surface area contributed by atoms with Crippen LogP contribution < -0.4 is 4.74 Å². The van der Waals surface area contributed by atoms with E-state index in [-0.39, 0.29) is 5.56 Å². The highest BCUT2D eigenvalue weighted by atomic mass is 35.5. The van der Waals surface area contributed by atoms with E-state index in [2.05, 4.69) is 4.98 Å². The molecule has 0 aliphatic heterocycles. The molecule has 3 aromatic rings. The normalized spacial score (nSPS) is 13.5. The third-order valence-corrected chi connectivity index (χ3v) is 6.16. The average Bonchev–Trinajstić information content (AvgIpc) is 3.28. The Morgan fingerprint density at radius 2 is 1.75 bits per heavy atom. The number of hydrogen-bond donors (Lipinski definition) is 1. The standard InChI is InChI=1S/C26H23Cl2NO3/c1-2-24-23(26(30)31)12-17(14-29-24)20-4-3-5-21(20)22-13-19(28)10-11-25(22)32-15-16-6-8-18(27)9-7-16/h6-14H,2-5,15H2,1H3,(H,30,31). The number of aryl methyl sites for hydroxylation is 1. The van der Waals surface area contributed by atoms with Crippen molar-refractivity contribution in [2.45, 2.75) is 39.2 Å². The van der Waals surface area contributed by atoms with Gasteiger partial charge in [0.25, 0.3) is 0 Å². The topological polar surface area (TPSA) is 59.4 Å². The van der Waals surface area contributed by atoms with Gasteiger partial charge in [0.05, 0.1) is 11.3 Å². The Hall–Kier alpha value is -2.82. The van der Waals surface area contributed by atoms with Crippen LogP contribution in [0.2, 0.25) is 10.0 Å². The van der Waals surface area contributed by atoms with E-state index in [1.807, 2.05) is 49.4 Å². The number of ether oxygens (including phenoxy) is 1. The van der Waals surface area contributed by atoms with E-state index in [1.165, 1.54) is 0 Å². The molecule has 0 spiro atoms. The predicted molar refractivity (Wildman–Crippen MR) is 128 cm³/mol. The Bertz CT molecular complexity index is 1190. The van der Waals surface area contributed by atoms with E-state index in [1.54, 1.807) is 12.3 Å². The minimum absolute atomic E-state index is 0.258. The molecule has 0 bridgehead atoms. The Balaban J connectivity index is 1.72. The molecular weight excluding hydrogens is 445 g/mol. The largest absolute Gasteiger partial charge is 0.488 e. The molecule has 0 amide bonds. The first-order valence-electron chi connectivity index (χ1n) is 10.6. The minimum atomic E-state index is -0.953. The van der Waals surface area contributed by atoms with Crippen LogP contribution in [0.1, 0.15) is 58.9 Å². The summed E-state index contributed by atoms with van der Waals surface area (Å²) in [6.07, 6.45) is 5.05. The number of nitrogens with zero attached hydrogens (tertiary/aromatic N) is 1. The number of aromatic carboxylic acids is 1. The molecule has 1 aromatic heterocycles. The summed E-state index contributed by atoms with van der Waals surface area (Å²) in [6.45, 7) is 2.31. The number of carboxylic acids is 1. The fourth-order valence-corrected chi connectivity index (χ4v) is 4.39. The van der Waals surface area contributed by atoms with E-state index in [0.29, 0.717) is 28.8 Å². The third-order valence-electron chi connectivity index (χ3n) is 5.68. The second-order valence-corrected chi connectivity index (χ2v) is 8.62. The number of rotatable bonds is 7. The van der Waals surface area contributed by atoms with E-state index in [4.69, 9.17) is 27.9 Å². The SMILES string of the molecule is CCc1ncc(C2=C(c3cc(Cl)ccc3OCc3ccc(Cl)cc3)CCC2)cc1C(=O)O. The molecule has 0 radical (unpaired) electrons. The van der Waals surface area contributed by atoms with Gasteiger partial charge >= 0.3 is 5.97 Å². The molecule has 0 saturated carbocycles. The van der Waals surface area contributed by atoms with Gasteiger partial charge < -0.3 is 9.84 Å². The zero-order valence-electron chi connectivity index (χ0n) is 17.7. The monoisotopic (exact) mass is 467 g/mol.